The van der Waals surface area contributed by atoms with Crippen LogP contribution in [0.25, 0.3) is 22.4 Å². The van der Waals surface area contributed by atoms with E-state index in [0.29, 0.717) is 5.56 Å². The van der Waals surface area contributed by atoms with Gasteiger partial charge in [-0.1, -0.05) is 62.7 Å². The zero-order valence-electron chi connectivity index (χ0n) is 23.1. The SMILES string of the molecule is [2H]C([2H])([2H])c1ccc(-c2ccnc(-c3cc(B4OC(C)(C)C(C)(C)O4)cc(C(C)(C)C)c3)c2)cc1. The van der Waals surface area contributed by atoms with Crippen molar-refractivity contribution in [1.29, 1.82) is 0 Å². The number of rotatable bonds is 3. The fourth-order valence-electron chi connectivity index (χ4n) is 3.78. The van der Waals surface area contributed by atoms with Crippen molar-refractivity contribution in [2.75, 3.05) is 0 Å². The van der Waals surface area contributed by atoms with Crippen LogP contribution in [0.3, 0.4) is 0 Å². The Balaban J connectivity index is 1.75. The molecular formula is C28H34BNO2. The molecule has 0 aliphatic carbocycles. The second kappa shape index (κ2) is 7.86. The van der Waals surface area contributed by atoms with Gasteiger partial charge in [0.05, 0.1) is 16.9 Å². The third-order valence-electron chi connectivity index (χ3n) is 6.62. The van der Waals surface area contributed by atoms with Crippen LogP contribution in [0.2, 0.25) is 0 Å². The minimum absolute atomic E-state index is 0.0723. The summed E-state index contributed by atoms with van der Waals surface area (Å²) in [6, 6.07) is 17.5. The molecule has 0 radical (unpaired) electrons. The molecule has 3 aromatic rings. The van der Waals surface area contributed by atoms with Gasteiger partial charge >= 0.3 is 7.12 Å². The van der Waals surface area contributed by atoms with Crippen molar-refractivity contribution in [3.05, 3.63) is 71.9 Å². The molecule has 1 aliphatic rings. The van der Waals surface area contributed by atoms with Crippen LogP contribution < -0.4 is 5.46 Å². The second-order valence-corrected chi connectivity index (χ2v) is 10.7. The Morgan fingerprint density at radius 1 is 0.812 bits per heavy atom. The Labute approximate surface area is 197 Å². The summed E-state index contributed by atoms with van der Waals surface area (Å²) in [6.45, 7) is 12.7. The van der Waals surface area contributed by atoms with Gasteiger partial charge in [0.1, 0.15) is 0 Å². The Morgan fingerprint density at radius 3 is 2.06 bits per heavy atom. The van der Waals surface area contributed by atoms with E-state index < -0.39 is 25.2 Å². The highest BCUT2D eigenvalue weighted by molar-refractivity contribution is 6.62. The Hall–Kier alpha value is -2.43. The molecule has 0 amide bonds. The molecular weight excluding hydrogens is 393 g/mol. The molecule has 0 saturated carbocycles. The van der Waals surface area contributed by atoms with Crippen molar-refractivity contribution in [2.45, 2.75) is 71.9 Å². The summed E-state index contributed by atoms with van der Waals surface area (Å²) in [5.41, 5.74) is 5.31. The molecule has 1 fully saturated rings. The van der Waals surface area contributed by atoms with Gasteiger partial charge in [-0.2, -0.15) is 0 Å². The van der Waals surface area contributed by atoms with Crippen LogP contribution >= 0.6 is 0 Å². The van der Waals surface area contributed by atoms with E-state index in [1.807, 2.05) is 24.3 Å². The highest BCUT2D eigenvalue weighted by Crippen LogP contribution is 2.37. The normalized spacial score (nSPS) is 19.3. The first-order valence-electron chi connectivity index (χ1n) is 12.7. The van der Waals surface area contributed by atoms with Crippen molar-refractivity contribution >= 4 is 12.6 Å². The average molecular weight is 430 g/mol. The largest absolute Gasteiger partial charge is 0.494 e. The highest BCUT2D eigenvalue weighted by atomic mass is 16.7. The van der Waals surface area contributed by atoms with E-state index in [1.54, 1.807) is 18.3 Å². The maximum atomic E-state index is 7.61. The van der Waals surface area contributed by atoms with Crippen LogP contribution in [0, 0.1) is 6.85 Å². The minimum Gasteiger partial charge on any atom is -0.399 e. The van der Waals surface area contributed by atoms with Gasteiger partial charge in [-0.05, 0) is 80.3 Å². The van der Waals surface area contributed by atoms with Crippen LogP contribution in [0.1, 0.15) is 63.7 Å². The monoisotopic (exact) mass is 430 g/mol. The lowest BCUT2D eigenvalue weighted by Gasteiger charge is -2.32. The first-order valence-corrected chi connectivity index (χ1v) is 11.2. The van der Waals surface area contributed by atoms with Crippen molar-refractivity contribution in [3.8, 4) is 22.4 Å². The summed E-state index contributed by atoms with van der Waals surface area (Å²) in [5, 5.41) is 0. The van der Waals surface area contributed by atoms with Gasteiger partial charge in [0.25, 0.3) is 0 Å². The minimum atomic E-state index is -2.11. The number of benzene rings is 2. The number of aromatic nitrogens is 1. The van der Waals surface area contributed by atoms with Crippen molar-refractivity contribution in [1.82, 2.24) is 4.98 Å². The summed E-state index contributed by atoms with van der Waals surface area (Å²) in [6.07, 6.45) is 1.79. The molecule has 32 heavy (non-hydrogen) atoms. The summed E-state index contributed by atoms with van der Waals surface area (Å²) in [7, 11) is -0.461. The zero-order chi connectivity index (χ0) is 25.8. The maximum absolute atomic E-state index is 7.61. The molecule has 1 aromatic heterocycles. The average Bonchev–Trinajstić information content (AvgIpc) is 2.99. The van der Waals surface area contributed by atoms with E-state index in [2.05, 4.69) is 71.6 Å². The van der Waals surface area contributed by atoms with E-state index in [1.165, 1.54) is 5.56 Å². The topological polar surface area (TPSA) is 31.4 Å². The summed E-state index contributed by atoms with van der Waals surface area (Å²) in [5.74, 6) is 0. The summed E-state index contributed by atoms with van der Waals surface area (Å²) in [4.78, 5) is 4.67. The van der Waals surface area contributed by atoms with Gasteiger partial charge in [0.15, 0.2) is 0 Å². The molecule has 1 saturated heterocycles. The van der Waals surface area contributed by atoms with Gasteiger partial charge in [-0.25, -0.2) is 0 Å². The Morgan fingerprint density at radius 2 is 1.47 bits per heavy atom. The lowest BCUT2D eigenvalue weighted by atomic mass is 9.74. The second-order valence-electron chi connectivity index (χ2n) is 10.7. The highest BCUT2D eigenvalue weighted by Gasteiger charge is 2.51. The van der Waals surface area contributed by atoms with E-state index >= 15 is 0 Å². The molecule has 0 atom stereocenters. The molecule has 0 bridgehead atoms. The van der Waals surface area contributed by atoms with E-state index in [9.17, 15) is 0 Å². The smallest absolute Gasteiger partial charge is 0.399 e. The Bertz CT molecular complexity index is 1210. The van der Waals surface area contributed by atoms with Crippen molar-refractivity contribution in [2.24, 2.45) is 0 Å². The fourth-order valence-corrected chi connectivity index (χ4v) is 3.78. The van der Waals surface area contributed by atoms with E-state index in [4.69, 9.17) is 13.4 Å². The standard InChI is InChI=1S/C28H34BNO2/c1-19-9-11-20(12-10-19)21-13-14-30-25(17-21)22-15-23(26(2,3)4)18-24(16-22)29-31-27(5,6)28(7,8)32-29/h9-18H,1-8H3/i1D3. The first kappa shape index (κ1) is 19.1. The lowest BCUT2D eigenvalue weighted by Crippen LogP contribution is -2.41. The molecule has 2 aromatic carbocycles. The van der Waals surface area contributed by atoms with Gasteiger partial charge in [-0.3, -0.25) is 4.98 Å². The number of pyridine rings is 1. The van der Waals surface area contributed by atoms with Crippen LogP contribution in [-0.4, -0.2) is 23.3 Å². The molecule has 4 heteroatoms. The van der Waals surface area contributed by atoms with E-state index in [0.717, 1.165) is 27.8 Å². The molecule has 3 nitrogen and oxygen atoms in total. The van der Waals surface area contributed by atoms with Gasteiger partial charge in [0, 0.05) is 15.9 Å². The van der Waals surface area contributed by atoms with Gasteiger partial charge < -0.3 is 9.31 Å². The number of aryl methyl sites for hydroxylation is 1. The maximum Gasteiger partial charge on any atom is 0.494 e. The predicted octanol–water partition coefficient (Wildman–Crippen LogP) is 6.32. The molecule has 0 unspecified atom stereocenters. The van der Waals surface area contributed by atoms with Crippen LogP contribution in [0.4, 0.5) is 0 Å². The van der Waals surface area contributed by atoms with Crippen LogP contribution in [0.5, 0.6) is 0 Å². The zero-order valence-corrected chi connectivity index (χ0v) is 20.1. The fraction of sp³-hybridized carbons (Fsp3) is 0.393. The van der Waals surface area contributed by atoms with Crippen LogP contribution in [0.15, 0.2) is 60.8 Å². The molecule has 2 heterocycles. The quantitative estimate of drug-likeness (QED) is 0.456. The third kappa shape index (κ3) is 4.39. The lowest BCUT2D eigenvalue weighted by molar-refractivity contribution is 0.00578. The molecule has 166 valence electrons. The number of nitrogens with zero attached hydrogens (tertiary/aromatic N) is 1. The number of hydrogen-bond donors (Lipinski definition) is 0. The molecule has 1 aliphatic heterocycles. The predicted molar refractivity (Wildman–Crippen MR) is 134 cm³/mol. The number of hydrogen-bond acceptors (Lipinski definition) is 3. The third-order valence-corrected chi connectivity index (χ3v) is 6.62. The molecule has 0 spiro atoms. The van der Waals surface area contributed by atoms with Crippen molar-refractivity contribution in [3.63, 3.8) is 0 Å². The molecule has 4 rings (SSSR count). The summed E-state index contributed by atoms with van der Waals surface area (Å²) >= 11 is 0. The first-order chi connectivity index (χ1) is 16.1. The van der Waals surface area contributed by atoms with Crippen LogP contribution in [-0.2, 0) is 14.7 Å². The molecule has 0 N–H and O–H groups in total. The van der Waals surface area contributed by atoms with Gasteiger partial charge in [0.2, 0.25) is 0 Å². The Kier molecular flexibility index (Phi) is 4.69. The van der Waals surface area contributed by atoms with Crippen molar-refractivity contribution < 1.29 is 13.4 Å². The van der Waals surface area contributed by atoms with E-state index in [-0.39, 0.29) is 5.41 Å². The van der Waals surface area contributed by atoms with Gasteiger partial charge in [-0.15, -0.1) is 0 Å². The summed E-state index contributed by atoms with van der Waals surface area (Å²) < 4.78 is 35.5.